The van der Waals surface area contributed by atoms with Gasteiger partial charge in [0.25, 0.3) is 0 Å². The van der Waals surface area contributed by atoms with Crippen LogP contribution in [0.4, 0.5) is 0 Å². The predicted octanol–water partition coefficient (Wildman–Crippen LogP) is 1.34. The van der Waals surface area contributed by atoms with Gasteiger partial charge in [0.1, 0.15) is 0 Å². The lowest BCUT2D eigenvalue weighted by Crippen LogP contribution is -2.44. The summed E-state index contributed by atoms with van der Waals surface area (Å²) in [5.74, 6) is -1.23. The van der Waals surface area contributed by atoms with Crippen LogP contribution in [0.3, 0.4) is 0 Å². The molecule has 2 fully saturated rings. The Morgan fingerprint density at radius 1 is 1.19 bits per heavy atom. The van der Waals surface area contributed by atoms with Crippen LogP contribution in [-0.4, -0.2) is 29.3 Å². The van der Waals surface area contributed by atoms with Gasteiger partial charge in [0.05, 0.1) is 18.4 Å². The highest BCUT2D eigenvalue weighted by atomic mass is 79.9. The number of allylic oxidation sites excluding steroid dienone is 2. The SMILES string of the molecule is NC(=O)CCNC(=O)[C@H]1[C@H](C(=O)NCc2cnc(Br)s2)[C@H]2C=C[C@H]1C21CC1. The molecule has 4 rings (SSSR count). The Balaban J connectivity index is 1.46. The first kappa shape index (κ1) is 18.6. The molecule has 0 radical (unpaired) electrons. The Morgan fingerprint density at radius 3 is 2.33 bits per heavy atom. The lowest BCUT2D eigenvalue weighted by molar-refractivity contribution is -0.135. The highest BCUT2D eigenvalue weighted by Crippen LogP contribution is 2.72. The molecule has 3 aliphatic carbocycles. The summed E-state index contributed by atoms with van der Waals surface area (Å²) in [6, 6.07) is 0. The maximum absolute atomic E-state index is 13.0. The number of aromatic nitrogens is 1. The van der Waals surface area contributed by atoms with Crippen LogP contribution in [0.5, 0.6) is 0 Å². The molecule has 1 spiro atoms. The molecule has 7 nitrogen and oxygen atoms in total. The minimum atomic E-state index is -0.452. The zero-order valence-electron chi connectivity index (χ0n) is 14.6. The van der Waals surface area contributed by atoms with Crippen LogP contribution in [-0.2, 0) is 20.9 Å². The van der Waals surface area contributed by atoms with Crippen molar-refractivity contribution in [1.29, 1.82) is 0 Å². The van der Waals surface area contributed by atoms with Crippen LogP contribution in [0, 0.1) is 29.1 Å². The highest BCUT2D eigenvalue weighted by molar-refractivity contribution is 9.11. The van der Waals surface area contributed by atoms with Crippen LogP contribution >= 0.6 is 27.3 Å². The number of halogens is 1. The average molecular weight is 453 g/mol. The minimum Gasteiger partial charge on any atom is -0.370 e. The van der Waals surface area contributed by atoms with Gasteiger partial charge in [-0.3, -0.25) is 14.4 Å². The van der Waals surface area contributed by atoms with Crippen molar-refractivity contribution in [3.8, 4) is 0 Å². The second kappa shape index (κ2) is 7.01. The fraction of sp³-hybridized carbons (Fsp3) is 0.556. The van der Waals surface area contributed by atoms with E-state index >= 15 is 0 Å². The number of carbonyl (C=O) groups is 3. The molecular weight excluding hydrogens is 432 g/mol. The minimum absolute atomic E-state index is 0.0845. The third-order valence-corrected chi connectivity index (χ3v) is 7.56. The van der Waals surface area contributed by atoms with Crippen molar-refractivity contribution in [2.75, 3.05) is 6.54 Å². The van der Waals surface area contributed by atoms with Gasteiger partial charge < -0.3 is 16.4 Å². The van der Waals surface area contributed by atoms with E-state index < -0.39 is 5.91 Å². The molecule has 9 heteroatoms. The topological polar surface area (TPSA) is 114 Å². The van der Waals surface area contributed by atoms with Gasteiger partial charge in [-0.25, -0.2) is 4.98 Å². The Hall–Kier alpha value is -1.74. The lowest BCUT2D eigenvalue weighted by atomic mass is 9.81. The van der Waals surface area contributed by atoms with E-state index in [1.165, 1.54) is 11.3 Å². The first-order chi connectivity index (χ1) is 12.9. The van der Waals surface area contributed by atoms with Crippen molar-refractivity contribution in [2.45, 2.75) is 25.8 Å². The summed E-state index contributed by atoms with van der Waals surface area (Å²) in [5, 5.41) is 5.79. The van der Waals surface area contributed by atoms with Crippen molar-refractivity contribution < 1.29 is 14.4 Å². The number of nitrogens with one attached hydrogen (secondary N) is 2. The maximum Gasteiger partial charge on any atom is 0.224 e. The van der Waals surface area contributed by atoms with Gasteiger partial charge in [0.15, 0.2) is 3.92 Å². The van der Waals surface area contributed by atoms with Crippen LogP contribution < -0.4 is 16.4 Å². The van der Waals surface area contributed by atoms with E-state index in [0.717, 1.165) is 21.6 Å². The molecule has 27 heavy (non-hydrogen) atoms. The number of primary amides is 1. The first-order valence-corrected chi connectivity index (χ1v) is 10.7. The smallest absolute Gasteiger partial charge is 0.224 e. The van der Waals surface area contributed by atoms with Crippen LogP contribution in [0.2, 0.25) is 0 Å². The molecule has 4 N–H and O–H groups in total. The molecule has 0 saturated heterocycles. The Morgan fingerprint density at radius 2 is 1.81 bits per heavy atom. The van der Waals surface area contributed by atoms with E-state index in [4.69, 9.17) is 5.73 Å². The second-order valence-electron chi connectivity index (χ2n) is 7.53. The molecule has 2 saturated carbocycles. The van der Waals surface area contributed by atoms with Gasteiger partial charge in [-0.1, -0.05) is 12.2 Å². The molecule has 4 atom stereocenters. The fourth-order valence-corrected chi connectivity index (χ4v) is 6.09. The van der Waals surface area contributed by atoms with E-state index in [-0.39, 0.29) is 53.9 Å². The normalized spacial score (nSPS) is 29.1. The Kier molecular flexibility index (Phi) is 4.84. The molecule has 1 aromatic heterocycles. The fourth-order valence-electron chi connectivity index (χ4n) is 4.79. The van der Waals surface area contributed by atoms with Crippen molar-refractivity contribution in [2.24, 2.45) is 34.8 Å². The summed E-state index contributed by atoms with van der Waals surface area (Å²) in [6.07, 6.45) is 8.19. The number of carbonyl (C=O) groups excluding carboxylic acids is 3. The summed E-state index contributed by atoms with van der Waals surface area (Å²) in [4.78, 5) is 41.8. The van der Waals surface area contributed by atoms with Crippen LogP contribution in [0.1, 0.15) is 24.1 Å². The molecule has 144 valence electrons. The number of nitrogens with zero attached hydrogens (tertiary/aromatic N) is 1. The number of rotatable bonds is 7. The third kappa shape index (κ3) is 3.31. The molecular formula is C18H21BrN4O3S. The van der Waals surface area contributed by atoms with E-state index in [2.05, 4.69) is 43.7 Å². The van der Waals surface area contributed by atoms with Gasteiger partial charge >= 0.3 is 0 Å². The van der Waals surface area contributed by atoms with Gasteiger partial charge in [-0.2, -0.15) is 0 Å². The van der Waals surface area contributed by atoms with Gasteiger partial charge in [-0.15, -0.1) is 11.3 Å². The molecule has 1 aromatic rings. The largest absolute Gasteiger partial charge is 0.370 e. The number of hydrogen-bond donors (Lipinski definition) is 3. The van der Waals surface area contributed by atoms with Gasteiger partial charge in [0.2, 0.25) is 17.7 Å². The molecule has 0 unspecified atom stereocenters. The molecule has 2 bridgehead atoms. The number of thiazole rings is 1. The van der Waals surface area contributed by atoms with E-state index in [1.54, 1.807) is 6.20 Å². The van der Waals surface area contributed by atoms with E-state index in [1.807, 2.05) is 0 Å². The summed E-state index contributed by atoms with van der Waals surface area (Å²) in [5.41, 5.74) is 5.23. The summed E-state index contributed by atoms with van der Waals surface area (Å²) < 4.78 is 0.776. The van der Waals surface area contributed by atoms with Crippen molar-refractivity contribution in [1.82, 2.24) is 15.6 Å². The molecule has 3 aliphatic rings. The predicted molar refractivity (Wildman–Crippen MR) is 103 cm³/mol. The van der Waals surface area contributed by atoms with Crippen molar-refractivity contribution >= 4 is 45.0 Å². The zero-order valence-corrected chi connectivity index (χ0v) is 17.0. The summed E-state index contributed by atoms with van der Waals surface area (Å²) >= 11 is 4.79. The van der Waals surface area contributed by atoms with Crippen molar-refractivity contribution in [3.63, 3.8) is 0 Å². The summed E-state index contributed by atoms with van der Waals surface area (Å²) in [7, 11) is 0. The third-order valence-electron chi connectivity index (χ3n) is 6.08. The van der Waals surface area contributed by atoms with Gasteiger partial charge in [0, 0.05) is 24.0 Å². The standard InChI is InChI=1S/C18H21BrN4O3S/c19-17-23-8-9(27-17)7-22-16(26)14-11-2-1-10(18(11)4-5-18)13(14)15(25)21-6-3-12(20)24/h1-2,8,10-11,13-14H,3-7H2,(H2,20,24)(H,21,25)(H,22,26)/t10-,11-,13-,14-/m1/s1. The molecule has 3 amide bonds. The van der Waals surface area contributed by atoms with Gasteiger partial charge in [-0.05, 0) is 46.0 Å². The monoisotopic (exact) mass is 452 g/mol. The molecule has 0 aliphatic heterocycles. The van der Waals surface area contributed by atoms with E-state index in [0.29, 0.717) is 6.54 Å². The zero-order chi connectivity index (χ0) is 19.2. The summed E-state index contributed by atoms with van der Waals surface area (Å²) in [6.45, 7) is 0.616. The number of amides is 3. The maximum atomic E-state index is 13.0. The van der Waals surface area contributed by atoms with Crippen LogP contribution in [0.15, 0.2) is 22.3 Å². The highest BCUT2D eigenvalue weighted by Gasteiger charge is 2.69. The molecule has 1 heterocycles. The second-order valence-corrected chi connectivity index (χ2v) is 9.92. The Bertz CT molecular complexity index is 819. The number of hydrogen-bond acceptors (Lipinski definition) is 5. The number of nitrogens with two attached hydrogens (primary N) is 1. The average Bonchev–Trinajstić information content (AvgIpc) is 3.10. The van der Waals surface area contributed by atoms with E-state index in [9.17, 15) is 14.4 Å². The lowest BCUT2D eigenvalue weighted by Gasteiger charge is -2.26. The van der Waals surface area contributed by atoms with Crippen LogP contribution in [0.25, 0.3) is 0 Å². The first-order valence-electron chi connectivity index (χ1n) is 9.04. The molecule has 0 aromatic carbocycles. The Labute approximate surface area is 169 Å². The quantitative estimate of drug-likeness (QED) is 0.541. The van der Waals surface area contributed by atoms with Crippen molar-refractivity contribution in [3.05, 3.63) is 27.1 Å².